The maximum atomic E-state index is 13.5. The predicted molar refractivity (Wildman–Crippen MR) is 115 cm³/mol. The fraction of sp³-hybridized carbons (Fsp3) is 0.143. The molecule has 2 heterocycles. The lowest BCUT2D eigenvalue weighted by atomic mass is 10.2. The molecule has 0 aliphatic carbocycles. The quantitative estimate of drug-likeness (QED) is 0.485. The van der Waals surface area contributed by atoms with Crippen LogP contribution in [0.1, 0.15) is 11.3 Å². The highest BCUT2D eigenvalue weighted by molar-refractivity contribution is 7.90. The number of rotatable bonds is 6. The molecule has 2 aromatic heterocycles. The highest BCUT2D eigenvalue weighted by atomic mass is 32.2. The third-order valence-corrected chi connectivity index (χ3v) is 7.10. The number of nitrogens with one attached hydrogen (secondary N) is 1. The van der Waals surface area contributed by atoms with Crippen LogP contribution in [-0.4, -0.2) is 23.9 Å². The molecule has 0 saturated carbocycles. The van der Waals surface area contributed by atoms with Gasteiger partial charge in [0, 0.05) is 22.5 Å². The first-order chi connectivity index (χ1) is 14.3. The molecule has 0 atom stereocenters. The van der Waals surface area contributed by atoms with Gasteiger partial charge in [-0.3, -0.25) is 4.79 Å². The van der Waals surface area contributed by atoms with Gasteiger partial charge >= 0.3 is 0 Å². The minimum absolute atomic E-state index is 0.0609. The Bertz CT molecular complexity index is 1340. The molecule has 1 amide bonds. The van der Waals surface area contributed by atoms with Crippen LogP contribution in [0.15, 0.2) is 65.0 Å². The van der Waals surface area contributed by atoms with Crippen LogP contribution in [-0.2, 0) is 26.9 Å². The van der Waals surface area contributed by atoms with E-state index in [9.17, 15) is 17.6 Å². The summed E-state index contributed by atoms with van der Waals surface area (Å²) < 4.78 is 41.2. The summed E-state index contributed by atoms with van der Waals surface area (Å²) in [6.45, 7) is 1.77. The summed E-state index contributed by atoms with van der Waals surface area (Å²) in [7, 11) is -3.76. The van der Waals surface area contributed by atoms with Crippen LogP contribution in [0.25, 0.3) is 10.9 Å². The number of hydrogen-bond acceptors (Lipinski definition) is 5. The summed E-state index contributed by atoms with van der Waals surface area (Å²) in [5.74, 6) is -1.12. The van der Waals surface area contributed by atoms with Gasteiger partial charge in [0.15, 0.2) is 15.0 Å². The summed E-state index contributed by atoms with van der Waals surface area (Å²) in [6, 6.07) is 12.5. The molecule has 0 radical (unpaired) electrons. The monoisotopic (exact) mass is 443 g/mol. The van der Waals surface area contributed by atoms with Gasteiger partial charge in [-0.1, -0.05) is 30.3 Å². The van der Waals surface area contributed by atoms with E-state index in [1.165, 1.54) is 35.7 Å². The lowest BCUT2D eigenvalue weighted by Crippen LogP contribution is -2.18. The van der Waals surface area contributed by atoms with Crippen molar-refractivity contribution in [2.45, 2.75) is 24.1 Å². The fourth-order valence-corrected chi connectivity index (χ4v) is 5.51. The maximum Gasteiger partial charge on any atom is 0.246 e. The molecule has 0 fully saturated rings. The number of fused-ring (bicyclic) bond motifs is 1. The first-order valence-corrected chi connectivity index (χ1v) is 11.6. The third-order valence-electron chi connectivity index (χ3n) is 4.51. The molecule has 0 spiro atoms. The Balaban J connectivity index is 1.65. The second-order valence-corrected chi connectivity index (χ2v) is 9.69. The third kappa shape index (κ3) is 4.27. The Hall–Kier alpha value is -3.04. The second kappa shape index (κ2) is 8.00. The minimum atomic E-state index is -3.76. The molecule has 4 aromatic rings. The van der Waals surface area contributed by atoms with Crippen LogP contribution < -0.4 is 5.32 Å². The SMILES string of the molecule is Cc1csc(NC(=O)Cn2cc(S(=O)(=O)Cc3cccc(F)c3)c3ccccc32)n1. The van der Waals surface area contributed by atoms with Gasteiger partial charge in [0.1, 0.15) is 12.4 Å². The number of carbonyl (C=O) groups is 1. The van der Waals surface area contributed by atoms with Crippen molar-refractivity contribution in [2.75, 3.05) is 5.32 Å². The number of nitrogens with zero attached hydrogens (tertiary/aromatic N) is 2. The number of para-hydroxylation sites is 1. The standard InChI is InChI=1S/C21H18FN3O3S2/c1-14-12-29-21(23-14)24-20(26)11-25-10-19(17-7-2-3-8-18(17)25)30(27,28)13-15-5-4-6-16(22)9-15/h2-10,12H,11,13H2,1H3,(H,23,24,26). The van der Waals surface area contributed by atoms with Crippen molar-refractivity contribution in [3.05, 3.63) is 77.2 Å². The molecule has 4 rings (SSSR count). The summed E-state index contributed by atoms with van der Waals surface area (Å²) >= 11 is 1.33. The maximum absolute atomic E-state index is 13.5. The number of sulfone groups is 1. The topological polar surface area (TPSA) is 81.1 Å². The number of amides is 1. The molecule has 0 bridgehead atoms. The molecule has 0 aliphatic heterocycles. The smallest absolute Gasteiger partial charge is 0.246 e. The number of carbonyl (C=O) groups excluding carboxylic acids is 1. The van der Waals surface area contributed by atoms with Crippen molar-refractivity contribution < 1.29 is 17.6 Å². The number of aryl methyl sites for hydroxylation is 1. The summed E-state index contributed by atoms with van der Waals surface area (Å²) in [5.41, 5.74) is 1.80. The van der Waals surface area contributed by atoms with Gasteiger partial charge in [0.25, 0.3) is 0 Å². The van der Waals surface area contributed by atoms with Gasteiger partial charge in [-0.15, -0.1) is 11.3 Å². The molecule has 0 aliphatic rings. The first kappa shape index (κ1) is 20.2. The molecular weight excluding hydrogens is 425 g/mol. The number of aromatic nitrogens is 2. The molecule has 0 saturated heterocycles. The number of benzene rings is 2. The van der Waals surface area contributed by atoms with Gasteiger partial charge in [-0.25, -0.2) is 17.8 Å². The molecule has 6 nitrogen and oxygen atoms in total. The van der Waals surface area contributed by atoms with E-state index in [0.29, 0.717) is 21.6 Å². The summed E-state index contributed by atoms with van der Waals surface area (Å²) in [5, 5.41) is 5.57. The van der Waals surface area contributed by atoms with Crippen LogP contribution in [0, 0.1) is 12.7 Å². The van der Waals surface area contributed by atoms with Crippen molar-refractivity contribution in [3.8, 4) is 0 Å². The number of thiazole rings is 1. The minimum Gasteiger partial charge on any atom is -0.337 e. The Kier molecular flexibility index (Phi) is 5.40. The van der Waals surface area contributed by atoms with Gasteiger partial charge in [0.2, 0.25) is 5.91 Å². The number of halogens is 1. The van der Waals surface area contributed by atoms with Crippen molar-refractivity contribution >= 4 is 43.1 Å². The number of hydrogen-bond donors (Lipinski definition) is 1. The van der Waals surface area contributed by atoms with E-state index in [1.807, 2.05) is 12.3 Å². The zero-order chi connectivity index (χ0) is 21.3. The molecule has 154 valence electrons. The summed E-state index contributed by atoms with van der Waals surface area (Å²) in [6.07, 6.45) is 1.46. The van der Waals surface area contributed by atoms with Crippen molar-refractivity contribution in [1.82, 2.24) is 9.55 Å². The van der Waals surface area contributed by atoms with E-state index in [2.05, 4.69) is 10.3 Å². The van der Waals surface area contributed by atoms with Gasteiger partial charge < -0.3 is 9.88 Å². The predicted octanol–water partition coefficient (Wildman–Crippen LogP) is 4.16. The van der Waals surface area contributed by atoms with Crippen molar-refractivity contribution in [3.63, 3.8) is 0 Å². The lowest BCUT2D eigenvalue weighted by Gasteiger charge is -2.05. The van der Waals surface area contributed by atoms with E-state index in [-0.39, 0.29) is 23.1 Å². The molecule has 9 heteroatoms. The van der Waals surface area contributed by atoms with E-state index in [0.717, 1.165) is 5.69 Å². The Morgan fingerprint density at radius 2 is 2.00 bits per heavy atom. The molecular formula is C21H18FN3O3S2. The van der Waals surface area contributed by atoms with Crippen molar-refractivity contribution in [2.24, 2.45) is 0 Å². The van der Waals surface area contributed by atoms with Gasteiger partial charge in [0.05, 0.1) is 16.3 Å². The molecule has 2 aromatic carbocycles. The Morgan fingerprint density at radius 1 is 1.20 bits per heavy atom. The van der Waals surface area contributed by atoms with Gasteiger partial charge in [-0.2, -0.15) is 0 Å². The van der Waals surface area contributed by atoms with E-state index >= 15 is 0 Å². The van der Waals surface area contributed by atoms with Crippen LogP contribution >= 0.6 is 11.3 Å². The molecule has 0 unspecified atom stereocenters. The van der Waals surface area contributed by atoms with Crippen molar-refractivity contribution in [1.29, 1.82) is 0 Å². The van der Waals surface area contributed by atoms with E-state index < -0.39 is 15.7 Å². The number of anilines is 1. The Morgan fingerprint density at radius 3 is 2.73 bits per heavy atom. The summed E-state index contributed by atoms with van der Waals surface area (Å²) in [4.78, 5) is 16.8. The van der Waals surface area contributed by atoms with Crippen LogP contribution in [0.3, 0.4) is 0 Å². The first-order valence-electron chi connectivity index (χ1n) is 9.09. The molecule has 30 heavy (non-hydrogen) atoms. The zero-order valence-electron chi connectivity index (χ0n) is 16.0. The largest absolute Gasteiger partial charge is 0.337 e. The highest BCUT2D eigenvalue weighted by Gasteiger charge is 2.22. The van der Waals surface area contributed by atoms with Crippen LogP contribution in [0.2, 0.25) is 0 Å². The van der Waals surface area contributed by atoms with Crippen LogP contribution in [0.4, 0.5) is 9.52 Å². The van der Waals surface area contributed by atoms with E-state index in [1.54, 1.807) is 34.9 Å². The zero-order valence-corrected chi connectivity index (χ0v) is 17.6. The highest BCUT2D eigenvalue weighted by Crippen LogP contribution is 2.28. The lowest BCUT2D eigenvalue weighted by molar-refractivity contribution is -0.116. The van der Waals surface area contributed by atoms with Crippen LogP contribution in [0.5, 0.6) is 0 Å². The average Bonchev–Trinajstić information content (AvgIpc) is 3.25. The normalized spacial score (nSPS) is 11.7. The fourth-order valence-electron chi connectivity index (χ4n) is 3.24. The molecule has 1 N–H and O–H groups in total. The Labute approximate surface area is 176 Å². The average molecular weight is 444 g/mol. The van der Waals surface area contributed by atoms with E-state index in [4.69, 9.17) is 0 Å². The van der Waals surface area contributed by atoms with Gasteiger partial charge in [-0.05, 0) is 30.7 Å². The second-order valence-electron chi connectivity index (χ2n) is 6.87.